The van der Waals surface area contributed by atoms with Crippen LogP contribution in [0.25, 0.3) is 0 Å². The van der Waals surface area contributed by atoms with Gasteiger partial charge in [-0.1, -0.05) is 12.1 Å². The third-order valence-corrected chi connectivity index (χ3v) is 7.89. The summed E-state index contributed by atoms with van der Waals surface area (Å²) in [6.45, 7) is 1.68. The van der Waals surface area contributed by atoms with Gasteiger partial charge in [-0.05, 0) is 55.7 Å². The standard InChI is InChI=1S/C27H27FN4O5S/c1-14-18(4-3-5-19(14)28)23-21(27(35)36-2)22(31-24(32-23)26-29-10-11-38-26)15-6-8-16(9-7-15)25-30-17(13-37-25)12-20(33)34/h3-5,10-11,13,15-16,23H,6-9,12H2,1-2H3,(H,31,32)(H,33,34). The van der Waals surface area contributed by atoms with Crippen LogP contribution in [0.3, 0.4) is 0 Å². The lowest BCUT2D eigenvalue weighted by Crippen LogP contribution is -2.37. The van der Waals surface area contributed by atoms with Gasteiger partial charge in [-0.15, -0.1) is 11.3 Å². The number of carbonyl (C=O) groups excluding carboxylic acids is 1. The Morgan fingerprint density at radius 3 is 2.68 bits per heavy atom. The average Bonchev–Trinajstić information content (AvgIpc) is 3.62. The van der Waals surface area contributed by atoms with E-state index in [9.17, 15) is 14.0 Å². The van der Waals surface area contributed by atoms with Crippen molar-refractivity contribution in [3.05, 3.63) is 80.8 Å². The van der Waals surface area contributed by atoms with Crippen molar-refractivity contribution in [1.29, 1.82) is 0 Å². The smallest absolute Gasteiger partial charge is 0.338 e. The molecule has 0 bridgehead atoms. The lowest BCUT2D eigenvalue weighted by Gasteiger charge is -2.34. The summed E-state index contributed by atoms with van der Waals surface area (Å²) in [4.78, 5) is 37.8. The topological polar surface area (TPSA) is 127 Å². The molecule has 0 radical (unpaired) electrons. The predicted octanol–water partition coefficient (Wildman–Crippen LogP) is 4.70. The number of benzene rings is 1. The molecular formula is C27H27FN4O5S. The number of nitrogens with zero attached hydrogens (tertiary/aromatic N) is 3. The summed E-state index contributed by atoms with van der Waals surface area (Å²) < 4.78 is 25.4. The lowest BCUT2D eigenvalue weighted by atomic mass is 9.77. The van der Waals surface area contributed by atoms with E-state index in [0.29, 0.717) is 44.8 Å². The molecule has 2 N–H and O–H groups in total. The molecular weight excluding hydrogens is 511 g/mol. The van der Waals surface area contributed by atoms with Crippen molar-refractivity contribution in [2.75, 3.05) is 7.11 Å². The maximum atomic E-state index is 14.6. The number of halogens is 1. The molecule has 1 unspecified atom stereocenters. The Labute approximate surface area is 222 Å². The van der Waals surface area contributed by atoms with Crippen LogP contribution < -0.4 is 5.32 Å². The van der Waals surface area contributed by atoms with Gasteiger partial charge in [0.1, 0.15) is 18.1 Å². The SMILES string of the molecule is COC(=O)C1=C(C2CCC(c3nc(CC(=O)O)co3)CC2)NC(c2nccs2)=NC1c1cccc(F)c1C. The van der Waals surface area contributed by atoms with Crippen molar-refractivity contribution >= 4 is 29.1 Å². The summed E-state index contributed by atoms with van der Waals surface area (Å²) in [5, 5.41) is 14.9. The first-order valence-corrected chi connectivity index (χ1v) is 13.2. The van der Waals surface area contributed by atoms with E-state index in [-0.39, 0.29) is 24.1 Å². The molecule has 1 saturated carbocycles. The number of hydrogen-bond acceptors (Lipinski definition) is 9. The van der Waals surface area contributed by atoms with Crippen LogP contribution in [0.1, 0.15) is 65.4 Å². The Bertz CT molecular complexity index is 1410. The van der Waals surface area contributed by atoms with Crippen LogP contribution in [0.4, 0.5) is 4.39 Å². The van der Waals surface area contributed by atoms with Crippen molar-refractivity contribution < 1.29 is 28.2 Å². The van der Waals surface area contributed by atoms with Gasteiger partial charge in [0.2, 0.25) is 0 Å². The van der Waals surface area contributed by atoms with Gasteiger partial charge in [-0.3, -0.25) is 9.79 Å². The molecule has 198 valence electrons. The summed E-state index contributed by atoms with van der Waals surface area (Å²) in [5.74, 6) is -0.743. The lowest BCUT2D eigenvalue weighted by molar-refractivity contribution is -0.137. The first kappa shape index (κ1) is 25.8. The van der Waals surface area contributed by atoms with Gasteiger partial charge in [0.15, 0.2) is 16.7 Å². The highest BCUT2D eigenvalue weighted by Gasteiger charge is 2.38. The van der Waals surface area contributed by atoms with Gasteiger partial charge in [0.25, 0.3) is 0 Å². The second-order valence-corrected chi connectivity index (χ2v) is 10.3. The first-order valence-electron chi connectivity index (χ1n) is 12.3. The zero-order valence-electron chi connectivity index (χ0n) is 20.9. The second-order valence-electron chi connectivity index (χ2n) is 9.41. The van der Waals surface area contributed by atoms with Gasteiger partial charge >= 0.3 is 11.9 Å². The molecule has 0 amide bonds. The van der Waals surface area contributed by atoms with Crippen molar-refractivity contribution in [3.8, 4) is 0 Å². The third-order valence-electron chi connectivity index (χ3n) is 7.11. The molecule has 0 saturated heterocycles. The number of aliphatic carboxylic acids is 1. The van der Waals surface area contributed by atoms with Crippen LogP contribution in [0.15, 0.2) is 56.7 Å². The molecule has 1 atom stereocenters. The Morgan fingerprint density at radius 2 is 2.00 bits per heavy atom. The first-order chi connectivity index (χ1) is 18.4. The number of hydrogen-bond donors (Lipinski definition) is 2. The molecule has 1 fully saturated rings. The van der Waals surface area contributed by atoms with E-state index in [1.807, 2.05) is 5.38 Å². The van der Waals surface area contributed by atoms with E-state index in [0.717, 1.165) is 25.7 Å². The van der Waals surface area contributed by atoms with E-state index in [2.05, 4.69) is 15.3 Å². The maximum Gasteiger partial charge on any atom is 0.338 e. The highest BCUT2D eigenvalue weighted by atomic mass is 32.1. The molecule has 3 heterocycles. The Kier molecular flexibility index (Phi) is 7.37. The van der Waals surface area contributed by atoms with Crippen LogP contribution >= 0.6 is 11.3 Å². The maximum absolute atomic E-state index is 14.6. The number of rotatable bonds is 7. The van der Waals surface area contributed by atoms with Crippen molar-refractivity contribution in [3.63, 3.8) is 0 Å². The number of carboxylic acids is 1. The van der Waals surface area contributed by atoms with Crippen molar-refractivity contribution in [2.45, 2.75) is 51.0 Å². The molecule has 2 aliphatic rings. The summed E-state index contributed by atoms with van der Waals surface area (Å²) in [7, 11) is 1.33. The fourth-order valence-electron chi connectivity index (χ4n) is 5.19. The Balaban J connectivity index is 1.49. The number of aliphatic imine (C=N–C) groups is 1. The van der Waals surface area contributed by atoms with Gasteiger partial charge in [-0.2, -0.15) is 0 Å². The normalized spacial score (nSPS) is 21.6. The minimum absolute atomic E-state index is 0.0179. The van der Waals surface area contributed by atoms with Crippen LogP contribution in [-0.4, -0.2) is 40.0 Å². The molecule has 1 aliphatic heterocycles. The van der Waals surface area contributed by atoms with Crippen molar-refractivity contribution in [2.24, 2.45) is 10.9 Å². The number of ether oxygens (including phenoxy) is 1. The summed E-state index contributed by atoms with van der Waals surface area (Å²) in [6, 6.07) is 4.04. The van der Waals surface area contributed by atoms with E-state index in [1.54, 1.807) is 25.3 Å². The molecule has 2 aromatic heterocycles. The fourth-order valence-corrected chi connectivity index (χ4v) is 5.78. The minimum Gasteiger partial charge on any atom is -0.481 e. The number of aromatic nitrogens is 2. The monoisotopic (exact) mass is 538 g/mol. The summed E-state index contributed by atoms with van der Waals surface area (Å²) in [5.41, 5.74) is 2.50. The number of esters is 1. The second kappa shape index (κ2) is 10.9. The number of oxazole rings is 1. The van der Waals surface area contributed by atoms with E-state index in [4.69, 9.17) is 19.3 Å². The summed E-state index contributed by atoms with van der Waals surface area (Å²) >= 11 is 1.42. The van der Waals surface area contributed by atoms with Crippen LogP contribution in [0.5, 0.6) is 0 Å². The van der Waals surface area contributed by atoms with E-state index >= 15 is 0 Å². The quantitative estimate of drug-likeness (QED) is 0.415. The van der Waals surface area contributed by atoms with Crippen LogP contribution in [-0.2, 0) is 20.7 Å². The number of nitrogens with one attached hydrogen (secondary N) is 1. The molecule has 5 rings (SSSR count). The number of carboxylic acid groups (broad SMARTS) is 1. The Morgan fingerprint density at radius 1 is 1.24 bits per heavy atom. The van der Waals surface area contributed by atoms with Gasteiger partial charge in [0.05, 0.1) is 24.8 Å². The number of methoxy groups -OCH3 is 1. The van der Waals surface area contributed by atoms with E-state index < -0.39 is 18.0 Å². The molecule has 9 nitrogen and oxygen atoms in total. The fraction of sp³-hybridized carbons (Fsp3) is 0.370. The van der Waals surface area contributed by atoms with Crippen LogP contribution in [0, 0.1) is 18.7 Å². The number of thiazole rings is 1. The van der Waals surface area contributed by atoms with Crippen LogP contribution in [0.2, 0.25) is 0 Å². The highest BCUT2D eigenvalue weighted by Crippen LogP contribution is 2.43. The average molecular weight is 539 g/mol. The van der Waals surface area contributed by atoms with Gasteiger partial charge in [0, 0.05) is 23.2 Å². The highest BCUT2D eigenvalue weighted by molar-refractivity contribution is 7.11. The largest absolute Gasteiger partial charge is 0.481 e. The molecule has 11 heteroatoms. The van der Waals surface area contributed by atoms with E-state index in [1.165, 1.54) is 30.8 Å². The summed E-state index contributed by atoms with van der Waals surface area (Å²) in [6.07, 6.45) is 5.84. The zero-order chi connectivity index (χ0) is 26.8. The molecule has 1 aromatic carbocycles. The van der Waals surface area contributed by atoms with Gasteiger partial charge in [-0.25, -0.2) is 19.2 Å². The minimum atomic E-state index is -0.958. The molecule has 3 aromatic rings. The zero-order valence-corrected chi connectivity index (χ0v) is 21.8. The predicted molar refractivity (Wildman–Crippen MR) is 137 cm³/mol. The third kappa shape index (κ3) is 5.10. The Hall–Kier alpha value is -3.86. The number of allylic oxidation sites excluding steroid dienone is 1. The molecule has 0 spiro atoms. The molecule has 1 aliphatic carbocycles. The van der Waals surface area contributed by atoms with Gasteiger partial charge < -0.3 is 19.6 Å². The van der Waals surface area contributed by atoms with Crippen molar-refractivity contribution in [1.82, 2.24) is 15.3 Å². The number of amidine groups is 1. The molecule has 38 heavy (non-hydrogen) atoms. The number of carbonyl (C=O) groups is 2.